The first-order valence-corrected chi connectivity index (χ1v) is 6.90. The Bertz CT molecular complexity index is 476. The van der Waals surface area contributed by atoms with Crippen LogP contribution >= 0.6 is 0 Å². The summed E-state index contributed by atoms with van der Waals surface area (Å²) in [5, 5.41) is 3.39. The second-order valence-corrected chi connectivity index (χ2v) is 6.16. The highest BCUT2D eigenvalue weighted by molar-refractivity contribution is 5.69. The van der Waals surface area contributed by atoms with E-state index in [0.29, 0.717) is 19.1 Å². The highest BCUT2D eigenvalue weighted by Gasteiger charge is 2.33. The molecule has 0 radical (unpaired) electrons. The molecule has 3 N–H and O–H groups in total. The van der Waals surface area contributed by atoms with Crippen LogP contribution in [0.25, 0.3) is 0 Å². The van der Waals surface area contributed by atoms with Crippen molar-refractivity contribution >= 4 is 11.8 Å². The number of nitrogens with one attached hydrogen (secondary N) is 1. The van der Waals surface area contributed by atoms with Gasteiger partial charge in [-0.15, -0.1) is 0 Å². The van der Waals surface area contributed by atoms with Gasteiger partial charge < -0.3 is 20.7 Å². The molecule has 1 fully saturated rings. The average molecular weight is 277 g/mol. The summed E-state index contributed by atoms with van der Waals surface area (Å²) in [6.07, 6.45) is -0.241. The minimum Gasteiger partial charge on any atom is -0.444 e. The first kappa shape index (κ1) is 14.7. The van der Waals surface area contributed by atoms with E-state index in [1.165, 1.54) is 0 Å². The number of ether oxygens (including phenoxy) is 1. The molecule has 0 saturated carbocycles. The van der Waals surface area contributed by atoms with E-state index >= 15 is 0 Å². The summed E-state index contributed by atoms with van der Waals surface area (Å²) in [5.41, 5.74) is 7.33. The van der Waals surface area contributed by atoms with E-state index in [2.05, 4.69) is 5.32 Å². The summed E-state index contributed by atoms with van der Waals surface area (Å²) in [6.45, 7) is 7.71. The van der Waals surface area contributed by atoms with E-state index in [-0.39, 0.29) is 6.09 Å². The molecule has 0 aromatic heterocycles. The molecule has 0 atom stereocenters. The highest BCUT2D eigenvalue weighted by Crippen LogP contribution is 2.16. The molecule has 0 unspecified atom stereocenters. The lowest BCUT2D eigenvalue weighted by Gasteiger charge is -2.40. The van der Waals surface area contributed by atoms with E-state index in [1.807, 2.05) is 45.0 Å². The smallest absolute Gasteiger partial charge is 0.410 e. The van der Waals surface area contributed by atoms with Gasteiger partial charge in [-0.25, -0.2) is 4.79 Å². The molecular formula is C15H23N3O2. The molecule has 5 heteroatoms. The Morgan fingerprint density at radius 2 is 2.05 bits per heavy atom. The molecule has 2 rings (SSSR count). The van der Waals surface area contributed by atoms with Crippen LogP contribution in [0.2, 0.25) is 0 Å². The third kappa shape index (κ3) is 3.87. The molecule has 0 bridgehead atoms. The number of rotatable bonds is 3. The Hall–Kier alpha value is -1.75. The number of carbonyl (C=O) groups excluding carboxylic acids is 1. The summed E-state index contributed by atoms with van der Waals surface area (Å²) in [6, 6.07) is 8.10. The fourth-order valence-electron chi connectivity index (χ4n) is 2.03. The van der Waals surface area contributed by atoms with E-state index in [0.717, 1.165) is 17.8 Å². The normalized spacial score (nSPS) is 15.8. The minimum absolute atomic E-state index is 0.241. The van der Waals surface area contributed by atoms with Gasteiger partial charge in [0.1, 0.15) is 5.60 Å². The number of para-hydroxylation sites is 1. The highest BCUT2D eigenvalue weighted by atomic mass is 16.6. The van der Waals surface area contributed by atoms with E-state index in [9.17, 15) is 4.79 Å². The third-order valence-electron chi connectivity index (χ3n) is 3.17. The van der Waals surface area contributed by atoms with Crippen LogP contribution in [0, 0.1) is 0 Å². The molecule has 1 amide bonds. The van der Waals surface area contributed by atoms with Crippen LogP contribution in [0.4, 0.5) is 10.5 Å². The predicted molar refractivity (Wildman–Crippen MR) is 79.3 cm³/mol. The quantitative estimate of drug-likeness (QED) is 0.829. The fraction of sp³-hybridized carbons (Fsp3) is 0.533. The SMILES string of the molecule is CC(C)(C)OC(=O)N1CC(NCc2ccccc2N)C1. The number of nitrogens with two attached hydrogens (primary N) is 1. The molecule has 1 saturated heterocycles. The maximum absolute atomic E-state index is 11.8. The molecule has 110 valence electrons. The Kier molecular flexibility index (Phi) is 4.18. The maximum Gasteiger partial charge on any atom is 0.410 e. The standard InChI is InChI=1S/C15H23N3O2/c1-15(2,3)20-14(19)18-9-12(10-18)17-8-11-6-4-5-7-13(11)16/h4-7,12,17H,8-10,16H2,1-3H3. The first-order chi connectivity index (χ1) is 9.35. The number of benzene rings is 1. The van der Waals surface area contributed by atoms with Crippen LogP contribution in [0.15, 0.2) is 24.3 Å². The number of nitrogens with zero attached hydrogens (tertiary/aromatic N) is 1. The average Bonchev–Trinajstić information content (AvgIpc) is 2.26. The minimum atomic E-state index is -0.436. The van der Waals surface area contributed by atoms with E-state index < -0.39 is 5.60 Å². The number of likely N-dealkylation sites (tertiary alicyclic amines) is 1. The summed E-state index contributed by atoms with van der Waals surface area (Å²) >= 11 is 0. The van der Waals surface area contributed by atoms with Gasteiger partial charge in [0.25, 0.3) is 0 Å². The van der Waals surface area contributed by atoms with Gasteiger partial charge in [0.15, 0.2) is 0 Å². The van der Waals surface area contributed by atoms with Crippen molar-refractivity contribution in [3.63, 3.8) is 0 Å². The van der Waals surface area contributed by atoms with Crippen molar-refractivity contribution in [1.82, 2.24) is 10.2 Å². The molecule has 1 heterocycles. The monoisotopic (exact) mass is 277 g/mol. The second kappa shape index (κ2) is 5.71. The van der Waals surface area contributed by atoms with Gasteiger partial charge in [0.2, 0.25) is 0 Å². The lowest BCUT2D eigenvalue weighted by molar-refractivity contribution is 0.00519. The van der Waals surface area contributed by atoms with Crippen LogP contribution in [-0.4, -0.2) is 35.7 Å². The van der Waals surface area contributed by atoms with Crippen LogP contribution in [0.1, 0.15) is 26.3 Å². The van der Waals surface area contributed by atoms with Crippen molar-refractivity contribution in [3.05, 3.63) is 29.8 Å². The van der Waals surface area contributed by atoms with Gasteiger partial charge in [-0.1, -0.05) is 18.2 Å². The van der Waals surface area contributed by atoms with Gasteiger partial charge in [0, 0.05) is 31.4 Å². The Morgan fingerprint density at radius 1 is 1.40 bits per heavy atom. The Balaban J connectivity index is 1.72. The molecular weight excluding hydrogens is 254 g/mol. The Labute approximate surface area is 120 Å². The van der Waals surface area contributed by atoms with Gasteiger partial charge in [-0.2, -0.15) is 0 Å². The predicted octanol–water partition coefficient (Wildman–Crippen LogP) is 1.98. The van der Waals surface area contributed by atoms with Gasteiger partial charge in [0.05, 0.1) is 0 Å². The Morgan fingerprint density at radius 3 is 2.65 bits per heavy atom. The van der Waals surface area contributed by atoms with E-state index in [1.54, 1.807) is 4.90 Å². The lowest BCUT2D eigenvalue weighted by atomic mass is 10.1. The maximum atomic E-state index is 11.8. The number of hydrogen-bond acceptors (Lipinski definition) is 4. The summed E-state index contributed by atoms with van der Waals surface area (Å²) in [4.78, 5) is 13.5. The number of anilines is 1. The number of nitrogen functional groups attached to an aromatic ring is 1. The first-order valence-electron chi connectivity index (χ1n) is 6.90. The molecule has 1 aromatic rings. The van der Waals surface area contributed by atoms with Crippen molar-refractivity contribution in [2.75, 3.05) is 18.8 Å². The van der Waals surface area contributed by atoms with Crippen molar-refractivity contribution in [2.24, 2.45) is 0 Å². The van der Waals surface area contributed by atoms with Crippen molar-refractivity contribution in [3.8, 4) is 0 Å². The largest absolute Gasteiger partial charge is 0.444 e. The van der Waals surface area contributed by atoms with E-state index in [4.69, 9.17) is 10.5 Å². The van der Waals surface area contributed by atoms with Crippen LogP contribution in [0.3, 0.4) is 0 Å². The summed E-state index contributed by atoms with van der Waals surface area (Å²) < 4.78 is 5.31. The zero-order valence-corrected chi connectivity index (χ0v) is 12.3. The van der Waals surface area contributed by atoms with Crippen molar-refractivity contribution < 1.29 is 9.53 Å². The molecule has 1 aromatic carbocycles. The summed E-state index contributed by atoms with van der Waals surface area (Å²) in [5.74, 6) is 0. The molecule has 0 aliphatic carbocycles. The molecule has 0 spiro atoms. The second-order valence-electron chi connectivity index (χ2n) is 6.16. The van der Waals surface area contributed by atoms with Crippen molar-refractivity contribution in [1.29, 1.82) is 0 Å². The van der Waals surface area contributed by atoms with Crippen molar-refractivity contribution in [2.45, 2.75) is 39.0 Å². The number of amides is 1. The summed E-state index contributed by atoms with van der Waals surface area (Å²) in [7, 11) is 0. The van der Waals surface area contributed by atoms with Crippen LogP contribution in [-0.2, 0) is 11.3 Å². The molecule has 20 heavy (non-hydrogen) atoms. The fourth-order valence-corrected chi connectivity index (χ4v) is 2.03. The molecule has 1 aliphatic heterocycles. The third-order valence-corrected chi connectivity index (χ3v) is 3.17. The van der Waals surface area contributed by atoms with Gasteiger partial charge >= 0.3 is 6.09 Å². The number of hydrogen-bond donors (Lipinski definition) is 2. The number of carbonyl (C=O) groups is 1. The topological polar surface area (TPSA) is 67.6 Å². The lowest BCUT2D eigenvalue weighted by Crippen LogP contribution is -2.60. The van der Waals surface area contributed by atoms with Crippen LogP contribution < -0.4 is 11.1 Å². The zero-order valence-electron chi connectivity index (χ0n) is 12.3. The van der Waals surface area contributed by atoms with Crippen LogP contribution in [0.5, 0.6) is 0 Å². The van der Waals surface area contributed by atoms with Gasteiger partial charge in [-0.3, -0.25) is 0 Å². The molecule has 5 nitrogen and oxygen atoms in total. The van der Waals surface area contributed by atoms with Gasteiger partial charge in [-0.05, 0) is 32.4 Å². The zero-order chi connectivity index (χ0) is 14.8. The molecule has 1 aliphatic rings.